The van der Waals surface area contributed by atoms with Crippen molar-refractivity contribution in [3.05, 3.63) is 64.6 Å². The molecule has 1 aliphatic rings. The Bertz CT molecular complexity index is 1320. The SMILES string of the molecule is CC(=O)OC(C(=O)Nc1ccc(-c2noc(=O)[nH]2)cc1)C1OCCN(c2ccc(F)c(F)c2)C1=O. The lowest BCUT2D eigenvalue weighted by molar-refractivity contribution is -0.167. The number of aromatic amines is 1. The fraction of sp³-hybridized carbons (Fsp3) is 0.227. The van der Waals surface area contributed by atoms with Crippen LogP contribution in [0.3, 0.4) is 0 Å². The van der Waals surface area contributed by atoms with Crippen molar-refractivity contribution in [2.45, 2.75) is 19.1 Å². The molecule has 11 nitrogen and oxygen atoms in total. The number of H-pyrrole nitrogens is 1. The number of amides is 2. The molecule has 2 heterocycles. The van der Waals surface area contributed by atoms with Gasteiger partial charge in [-0.1, -0.05) is 5.16 Å². The Balaban J connectivity index is 1.53. The van der Waals surface area contributed by atoms with Crippen LogP contribution >= 0.6 is 0 Å². The second-order valence-electron chi connectivity index (χ2n) is 7.42. The highest BCUT2D eigenvalue weighted by molar-refractivity contribution is 6.04. The van der Waals surface area contributed by atoms with Gasteiger partial charge in [0.2, 0.25) is 6.10 Å². The molecule has 0 spiro atoms. The summed E-state index contributed by atoms with van der Waals surface area (Å²) in [5, 5.41) is 6.09. The predicted molar refractivity (Wildman–Crippen MR) is 115 cm³/mol. The summed E-state index contributed by atoms with van der Waals surface area (Å²) >= 11 is 0. The van der Waals surface area contributed by atoms with E-state index in [-0.39, 0.29) is 30.4 Å². The molecule has 0 aliphatic carbocycles. The minimum atomic E-state index is -1.67. The number of morpholine rings is 1. The normalized spacial score (nSPS) is 16.6. The number of esters is 1. The zero-order valence-corrected chi connectivity index (χ0v) is 18.1. The Morgan fingerprint density at radius 2 is 1.91 bits per heavy atom. The van der Waals surface area contributed by atoms with Gasteiger partial charge in [-0.15, -0.1) is 0 Å². The molecule has 0 saturated carbocycles. The highest BCUT2D eigenvalue weighted by Gasteiger charge is 2.42. The van der Waals surface area contributed by atoms with Crippen LogP contribution in [0.25, 0.3) is 11.4 Å². The summed E-state index contributed by atoms with van der Waals surface area (Å²) in [4.78, 5) is 52.3. The molecule has 2 aromatic carbocycles. The largest absolute Gasteiger partial charge is 0.449 e. The van der Waals surface area contributed by atoms with E-state index in [2.05, 4.69) is 20.0 Å². The Morgan fingerprint density at radius 3 is 2.54 bits per heavy atom. The summed E-state index contributed by atoms with van der Waals surface area (Å²) < 4.78 is 42.0. The highest BCUT2D eigenvalue weighted by atomic mass is 19.2. The first kappa shape index (κ1) is 23.8. The number of halogens is 2. The third-order valence-corrected chi connectivity index (χ3v) is 5.03. The van der Waals surface area contributed by atoms with Crippen molar-refractivity contribution in [3.63, 3.8) is 0 Å². The van der Waals surface area contributed by atoms with E-state index in [1.54, 1.807) is 0 Å². The summed E-state index contributed by atoms with van der Waals surface area (Å²) in [7, 11) is 0. The summed E-state index contributed by atoms with van der Waals surface area (Å²) in [5.74, 6) is -5.23. The lowest BCUT2D eigenvalue weighted by atomic mass is 10.1. The predicted octanol–water partition coefficient (Wildman–Crippen LogP) is 1.61. The smallest absolute Gasteiger partial charge is 0.439 e. The van der Waals surface area contributed by atoms with E-state index >= 15 is 0 Å². The van der Waals surface area contributed by atoms with Crippen LogP contribution in [0.5, 0.6) is 0 Å². The lowest BCUT2D eigenvalue weighted by Crippen LogP contribution is -2.56. The molecular weight excluding hydrogens is 470 g/mol. The fourth-order valence-corrected chi connectivity index (χ4v) is 3.44. The van der Waals surface area contributed by atoms with E-state index in [4.69, 9.17) is 9.47 Å². The first-order valence-electron chi connectivity index (χ1n) is 10.3. The van der Waals surface area contributed by atoms with Gasteiger partial charge in [0.1, 0.15) is 0 Å². The summed E-state index contributed by atoms with van der Waals surface area (Å²) in [5.41, 5.74) is 0.839. The Labute approximate surface area is 195 Å². The standard InChI is InChI=1S/C22H18F2N4O7/c1-11(29)34-17(18-21(31)28(8-9-33-18)14-6-7-15(23)16(24)10-14)20(30)25-13-4-2-12(3-5-13)19-26-22(32)35-27-19/h2-7,10,17-18H,8-9H2,1H3,(H,25,30)(H,26,27,32). The number of nitrogens with one attached hydrogen (secondary N) is 2. The van der Waals surface area contributed by atoms with Crippen molar-refractivity contribution < 1.29 is 37.2 Å². The van der Waals surface area contributed by atoms with Gasteiger partial charge in [-0.25, -0.2) is 13.6 Å². The Kier molecular flexibility index (Phi) is 6.68. The van der Waals surface area contributed by atoms with Crippen LogP contribution in [-0.4, -0.2) is 53.3 Å². The Hall–Kier alpha value is -4.39. The van der Waals surface area contributed by atoms with Gasteiger partial charge < -0.3 is 19.7 Å². The van der Waals surface area contributed by atoms with Gasteiger partial charge in [-0.3, -0.25) is 23.9 Å². The molecule has 2 unspecified atom stereocenters. The van der Waals surface area contributed by atoms with E-state index in [0.29, 0.717) is 5.56 Å². The number of hydrogen-bond acceptors (Lipinski definition) is 8. The van der Waals surface area contributed by atoms with Crippen LogP contribution < -0.4 is 16.0 Å². The second-order valence-corrected chi connectivity index (χ2v) is 7.42. The Morgan fingerprint density at radius 1 is 1.17 bits per heavy atom. The molecule has 0 bridgehead atoms. The number of nitrogens with zero attached hydrogens (tertiary/aromatic N) is 2. The van der Waals surface area contributed by atoms with E-state index in [1.807, 2.05) is 0 Å². The molecule has 1 aliphatic heterocycles. The summed E-state index contributed by atoms with van der Waals surface area (Å²) in [6, 6.07) is 8.99. The van der Waals surface area contributed by atoms with Crippen LogP contribution in [0.4, 0.5) is 20.2 Å². The van der Waals surface area contributed by atoms with Gasteiger partial charge in [-0.2, -0.15) is 0 Å². The number of aromatic nitrogens is 2. The number of carbonyl (C=O) groups is 3. The van der Waals surface area contributed by atoms with Crippen LogP contribution in [0.15, 0.2) is 51.8 Å². The van der Waals surface area contributed by atoms with Crippen molar-refractivity contribution in [1.82, 2.24) is 10.1 Å². The minimum absolute atomic E-state index is 0.0143. The molecular formula is C22H18F2N4O7. The number of hydrogen-bond donors (Lipinski definition) is 2. The molecule has 3 aromatic rings. The molecule has 2 N–H and O–H groups in total. The average molecular weight is 488 g/mol. The van der Waals surface area contributed by atoms with Gasteiger partial charge in [0, 0.05) is 36.5 Å². The monoisotopic (exact) mass is 488 g/mol. The first-order valence-corrected chi connectivity index (χ1v) is 10.3. The fourth-order valence-electron chi connectivity index (χ4n) is 3.44. The summed E-state index contributed by atoms with van der Waals surface area (Å²) in [6.45, 7) is 1.03. The first-order chi connectivity index (χ1) is 16.7. The van der Waals surface area contributed by atoms with Crippen LogP contribution in [-0.2, 0) is 23.9 Å². The van der Waals surface area contributed by atoms with Crippen LogP contribution in [0.2, 0.25) is 0 Å². The van der Waals surface area contributed by atoms with E-state index in [9.17, 15) is 28.0 Å². The topological polar surface area (TPSA) is 144 Å². The third kappa shape index (κ3) is 5.24. The molecule has 0 radical (unpaired) electrons. The van der Waals surface area contributed by atoms with Gasteiger partial charge in [-0.05, 0) is 36.4 Å². The molecule has 35 heavy (non-hydrogen) atoms. The zero-order chi connectivity index (χ0) is 25.1. The van der Waals surface area contributed by atoms with Crippen LogP contribution in [0.1, 0.15) is 6.92 Å². The highest BCUT2D eigenvalue weighted by Crippen LogP contribution is 2.24. The average Bonchev–Trinajstić information content (AvgIpc) is 3.26. The quantitative estimate of drug-likeness (QED) is 0.498. The maximum absolute atomic E-state index is 13.7. The van der Waals surface area contributed by atoms with Gasteiger partial charge >= 0.3 is 11.7 Å². The van der Waals surface area contributed by atoms with E-state index < -0.39 is 47.4 Å². The van der Waals surface area contributed by atoms with Crippen molar-refractivity contribution in [2.75, 3.05) is 23.4 Å². The van der Waals surface area contributed by atoms with Crippen molar-refractivity contribution >= 4 is 29.2 Å². The molecule has 2 amide bonds. The van der Waals surface area contributed by atoms with Crippen LogP contribution in [0, 0.1) is 11.6 Å². The summed E-state index contributed by atoms with van der Waals surface area (Å²) in [6.07, 6.45) is -3.19. The molecule has 2 atom stereocenters. The van der Waals surface area contributed by atoms with Crippen molar-refractivity contribution in [1.29, 1.82) is 0 Å². The van der Waals surface area contributed by atoms with Gasteiger partial charge in [0.15, 0.2) is 23.6 Å². The number of anilines is 2. The number of carbonyl (C=O) groups excluding carboxylic acids is 3. The molecule has 1 saturated heterocycles. The number of rotatable bonds is 6. The molecule has 1 fully saturated rings. The lowest BCUT2D eigenvalue weighted by Gasteiger charge is -2.35. The van der Waals surface area contributed by atoms with E-state index in [0.717, 1.165) is 24.0 Å². The number of benzene rings is 2. The molecule has 182 valence electrons. The zero-order valence-electron chi connectivity index (χ0n) is 18.1. The second kappa shape index (κ2) is 9.85. The molecule has 13 heteroatoms. The minimum Gasteiger partial charge on any atom is -0.449 e. The van der Waals surface area contributed by atoms with Crippen molar-refractivity contribution in [3.8, 4) is 11.4 Å². The number of ether oxygens (including phenoxy) is 2. The van der Waals surface area contributed by atoms with Gasteiger partial charge in [0.25, 0.3) is 11.8 Å². The van der Waals surface area contributed by atoms with Crippen molar-refractivity contribution in [2.24, 2.45) is 0 Å². The van der Waals surface area contributed by atoms with E-state index in [1.165, 1.54) is 30.3 Å². The molecule has 1 aromatic heterocycles. The maximum Gasteiger partial charge on any atom is 0.439 e. The maximum atomic E-state index is 13.7. The third-order valence-electron chi connectivity index (χ3n) is 5.03. The van der Waals surface area contributed by atoms with Gasteiger partial charge in [0.05, 0.1) is 6.61 Å². The molecule has 4 rings (SSSR count).